The molecule has 3 aliphatic rings. The smallest absolute Gasteiger partial charge is 0.395 e. The maximum absolute atomic E-state index is 11.5. The standard InChI is InChI=1S/C16H18N2.C5H7F3N2/c1-2-10-7-9(1)12-8-18-14-4-3-13-11(5-6-17-13)16(14)15(10)12;1-10-3-2-4(9)5(6,7)8/h3-6,9-10,12,15,17-18H,1-2,7-8H2;2-3H,9H2,1H3/b;4-2-,10-3?/t9?,10?,12-,15+;/m1./s1. The summed E-state index contributed by atoms with van der Waals surface area (Å²) < 4.78 is 34.6. The molecule has 5 rings (SSSR count). The third-order valence-corrected chi connectivity index (χ3v) is 6.46. The van der Waals surface area contributed by atoms with Crippen LogP contribution < -0.4 is 11.1 Å². The summed E-state index contributed by atoms with van der Waals surface area (Å²) in [6.07, 6.45) is 3.76. The molecule has 2 aromatic rings. The Morgan fingerprint density at radius 2 is 2.00 bits per heavy atom. The summed E-state index contributed by atoms with van der Waals surface area (Å²) >= 11 is 0. The van der Waals surface area contributed by atoms with E-state index in [1.807, 2.05) is 0 Å². The number of hydrogen-bond acceptors (Lipinski definition) is 3. The zero-order valence-corrected chi connectivity index (χ0v) is 15.8. The minimum atomic E-state index is -4.44. The maximum Gasteiger partial charge on any atom is 0.430 e. The van der Waals surface area contributed by atoms with Gasteiger partial charge in [0.1, 0.15) is 5.70 Å². The largest absolute Gasteiger partial charge is 0.430 e. The van der Waals surface area contributed by atoms with E-state index in [2.05, 4.69) is 45.4 Å². The number of hydrogen-bond donors (Lipinski definition) is 3. The van der Waals surface area contributed by atoms with E-state index in [4.69, 9.17) is 0 Å². The molecule has 2 unspecified atom stereocenters. The molecule has 0 spiro atoms. The fourth-order valence-electron chi connectivity index (χ4n) is 5.30. The molecule has 0 saturated heterocycles. The maximum atomic E-state index is 11.5. The Labute approximate surface area is 162 Å². The lowest BCUT2D eigenvalue weighted by molar-refractivity contribution is -0.0925. The number of anilines is 1. The number of alkyl halides is 3. The van der Waals surface area contributed by atoms with Crippen molar-refractivity contribution < 1.29 is 13.2 Å². The number of nitrogens with zero attached hydrogens (tertiary/aromatic N) is 1. The van der Waals surface area contributed by atoms with Crippen molar-refractivity contribution in [1.29, 1.82) is 0 Å². The number of benzene rings is 1. The van der Waals surface area contributed by atoms with Crippen molar-refractivity contribution in [2.45, 2.75) is 31.4 Å². The number of rotatable bonds is 1. The van der Waals surface area contributed by atoms with Crippen molar-refractivity contribution in [2.24, 2.45) is 28.5 Å². The van der Waals surface area contributed by atoms with Gasteiger partial charge in [-0.25, -0.2) is 0 Å². The number of halogens is 3. The van der Waals surface area contributed by atoms with E-state index in [-0.39, 0.29) is 0 Å². The van der Waals surface area contributed by atoms with Crippen molar-refractivity contribution in [1.82, 2.24) is 4.98 Å². The van der Waals surface area contributed by atoms with E-state index in [9.17, 15) is 13.2 Å². The second-order valence-corrected chi connectivity index (χ2v) is 7.90. The summed E-state index contributed by atoms with van der Waals surface area (Å²) in [4.78, 5) is 6.67. The topological polar surface area (TPSA) is 66.2 Å². The van der Waals surface area contributed by atoms with Gasteiger partial charge in [-0.1, -0.05) is 0 Å². The highest BCUT2D eigenvalue weighted by molar-refractivity contribution is 5.89. The second kappa shape index (κ2) is 7.18. The van der Waals surface area contributed by atoms with Crippen LogP contribution in [0.25, 0.3) is 10.9 Å². The molecule has 7 heteroatoms. The van der Waals surface area contributed by atoms with Crippen LogP contribution in [-0.2, 0) is 0 Å². The Morgan fingerprint density at radius 3 is 2.75 bits per heavy atom. The lowest BCUT2D eigenvalue weighted by atomic mass is 9.72. The normalized spacial score (nSPS) is 28.6. The quantitative estimate of drug-likeness (QED) is 0.612. The van der Waals surface area contributed by atoms with Gasteiger partial charge in [0.25, 0.3) is 0 Å². The van der Waals surface area contributed by atoms with Crippen molar-refractivity contribution in [3.63, 3.8) is 0 Å². The first kappa shape index (κ1) is 18.9. The molecule has 2 fully saturated rings. The number of nitrogens with two attached hydrogens (primary N) is 1. The molecular formula is C21H25F3N4. The molecule has 0 radical (unpaired) electrons. The molecule has 2 saturated carbocycles. The van der Waals surface area contributed by atoms with E-state index in [0.717, 1.165) is 29.9 Å². The predicted octanol–water partition coefficient (Wildman–Crippen LogP) is 4.82. The van der Waals surface area contributed by atoms with Crippen LogP contribution in [0.15, 0.2) is 41.2 Å². The molecule has 0 amide bonds. The molecule has 4 N–H and O–H groups in total. The summed E-state index contributed by atoms with van der Waals surface area (Å²) in [5.74, 6) is 3.69. The average molecular weight is 390 g/mol. The monoisotopic (exact) mass is 390 g/mol. The minimum absolute atomic E-state index is 0.708. The fraction of sp³-hybridized carbons (Fsp3) is 0.476. The number of aromatic nitrogens is 1. The Kier molecular flexibility index (Phi) is 4.85. The Bertz CT molecular complexity index is 912. The van der Waals surface area contributed by atoms with Gasteiger partial charge in [-0.3, -0.25) is 4.99 Å². The van der Waals surface area contributed by atoms with E-state index < -0.39 is 11.9 Å². The molecule has 2 bridgehead atoms. The van der Waals surface area contributed by atoms with Crippen LogP contribution in [0, 0.1) is 17.8 Å². The number of H-pyrrole nitrogens is 1. The van der Waals surface area contributed by atoms with Crippen molar-refractivity contribution in [2.75, 3.05) is 18.9 Å². The van der Waals surface area contributed by atoms with Crippen LogP contribution in [-0.4, -0.2) is 31.0 Å². The molecule has 4 nitrogen and oxygen atoms in total. The zero-order valence-electron chi connectivity index (χ0n) is 15.8. The summed E-state index contributed by atoms with van der Waals surface area (Å²) in [6.45, 7) is 1.20. The minimum Gasteiger partial charge on any atom is -0.395 e. The number of nitrogens with one attached hydrogen (secondary N) is 2. The van der Waals surface area contributed by atoms with Crippen molar-refractivity contribution >= 4 is 22.8 Å². The molecule has 4 atom stereocenters. The SMILES string of the molecule is CN=C/C=C(\N)C(F)(F)F.c1cc2c3c(ccc2[nH]1)NC[C@@H]1C2CCC(C2)[C@H]31. The Balaban J connectivity index is 0.000000167. The van der Waals surface area contributed by atoms with Crippen molar-refractivity contribution in [3.8, 4) is 0 Å². The van der Waals surface area contributed by atoms with Crippen LogP contribution in [0.3, 0.4) is 0 Å². The lowest BCUT2D eigenvalue weighted by Gasteiger charge is -2.38. The lowest BCUT2D eigenvalue weighted by Crippen LogP contribution is -2.32. The summed E-state index contributed by atoms with van der Waals surface area (Å²) in [5, 5.41) is 5.15. The van der Waals surface area contributed by atoms with Gasteiger partial charge < -0.3 is 16.0 Å². The van der Waals surface area contributed by atoms with Crippen molar-refractivity contribution in [3.05, 3.63) is 41.7 Å². The molecule has 1 aromatic heterocycles. The number of allylic oxidation sites excluding steroid dienone is 2. The Hall–Kier alpha value is -2.44. The summed E-state index contributed by atoms with van der Waals surface area (Å²) in [6, 6.07) is 6.76. The second-order valence-electron chi connectivity index (χ2n) is 7.90. The molecule has 1 aromatic carbocycles. The summed E-state index contributed by atoms with van der Waals surface area (Å²) in [7, 11) is 1.36. The average Bonchev–Trinajstić information content (AvgIpc) is 3.40. The summed E-state index contributed by atoms with van der Waals surface area (Å²) in [5.41, 5.74) is 7.77. The molecule has 150 valence electrons. The first-order valence-corrected chi connectivity index (χ1v) is 9.69. The van der Waals surface area contributed by atoms with Gasteiger partial charge in [-0.2, -0.15) is 13.2 Å². The number of aromatic amines is 1. The van der Waals surface area contributed by atoms with Gasteiger partial charge in [0, 0.05) is 42.6 Å². The molecular weight excluding hydrogens is 365 g/mol. The fourth-order valence-corrected chi connectivity index (χ4v) is 5.30. The third-order valence-electron chi connectivity index (χ3n) is 6.46. The van der Waals surface area contributed by atoms with Gasteiger partial charge in [0.15, 0.2) is 0 Å². The van der Waals surface area contributed by atoms with Crippen LogP contribution in [0.4, 0.5) is 18.9 Å². The van der Waals surface area contributed by atoms with Crippen LogP contribution in [0.2, 0.25) is 0 Å². The number of fused-ring (bicyclic) bond motifs is 9. The molecule has 1 aliphatic heterocycles. The first-order valence-electron chi connectivity index (χ1n) is 9.69. The van der Waals surface area contributed by atoms with Gasteiger partial charge in [0.2, 0.25) is 0 Å². The van der Waals surface area contributed by atoms with E-state index in [0.29, 0.717) is 6.08 Å². The van der Waals surface area contributed by atoms with Gasteiger partial charge in [-0.15, -0.1) is 0 Å². The molecule has 28 heavy (non-hydrogen) atoms. The molecule has 2 heterocycles. The highest BCUT2D eigenvalue weighted by atomic mass is 19.4. The first-order chi connectivity index (χ1) is 13.4. The van der Waals surface area contributed by atoms with Crippen LogP contribution >= 0.6 is 0 Å². The van der Waals surface area contributed by atoms with Gasteiger partial charge in [0.05, 0.1) is 0 Å². The van der Waals surface area contributed by atoms with Crippen LogP contribution in [0.1, 0.15) is 30.7 Å². The predicted molar refractivity (Wildman–Crippen MR) is 107 cm³/mol. The van der Waals surface area contributed by atoms with E-state index in [1.54, 1.807) is 5.56 Å². The third kappa shape index (κ3) is 3.27. The Morgan fingerprint density at radius 1 is 1.21 bits per heavy atom. The van der Waals surface area contributed by atoms with E-state index >= 15 is 0 Å². The zero-order chi connectivity index (χ0) is 19.9. The van der Waals surface area contributed by atoms with Gasteiger partial charge >= 0.3 is 6.18 Å². The van der Waals surface area contributed by atoms with E-state index in [1.165, 1.54) is 49.4 Å². The van der Waals surface area contributed by atoms with Gasteiger partial charge in [-0.05, 0) is 72.8 Å². The van der Waals surface area contributed by atoms with Crippen LogP contribution in [0.5, 0.6) is 0 Å². The molecule has 2 aliphatic carbocycles. The number of aliphatic imine (C=N–C) groups is 1. The highest BCUT2D eigenvalue weighted by Gasteiger charge is 2.50. The highest BCUT2D eigenvalue weighted by Crippen LogP contribution is 2.60.